The van der Waals surface area contributed by atoms with Crippen molar-refractivity contribution < 1.29 is 63.9 Å². The minimum Gasteiger partial charge on any atom is -0.481 e. The Labute approximate surface area is 407 Å². The standard InChI is InChI=1S/C41H64N10O6.C6H8O7/c1-4-26(2)37(40(56)46-25-30-24-45-27(3)47-38(30)43)50-36(54)23-34(52)32(21-28-11-7-5-8-12-28)48-35(53)15-18-44-39(55)33(22-29-13-9-6-10-14-29)49-41(57)51-19-16-31(42)17-20-51;7-3(8)1-6(13,5(11)12)2-4(9)10/h6,9-10,13-14,24,26,28,31-34,37,52H,4-5,7-8,11-12,15-23,25,42H2,1-3H3,(H,44,55)(H,46,56)(H,48,53)(H,49,57)(H,50,54)(H2,43,45,47);13H,1-2H2,(H,7,8)(H,9,10)(H,11,12)/t26-,32-,33-,34-,37-;/m0./s1. The number of hydrogen-bond donors (Lipinski definition) is 12. The van der Waals surface area contributed by atoms with Crippen LogP contribution in [-0.4, -0.2) is 143 Å². The molecule has 1 aliphatic carbocycles. The molecule has 388 valence electrons. The Morgan fingerprint density at radius 1 is 0.857 bits per heavy atom. The Morgan fingerprint density at radius 3 is 2.06 bits per heavy atom. The van der Waals surface area contributed by atoms with Crippen LogP contribution in [0.1, 0.15) is 114 Å². The molecule has 1 aromatic carbocycles. The molecule has 0 radical (unpaired) electrons. The van der Waals surface area contributed by atoms with Gasteiger partial charge in [0.05, 0.1) is 31.4 Å². The van der Waals surface area contributed by atoms with Crippen LogP contribution < -0.4 is 38.1 Å². The molecule has 5 atom stereocenters. The lowest BCUT2D eigenvalue weighted by atomic mass is 9.83. The first-order chi connectivity index (χ1) is 33.1. The van der Waals surface area contributed by atoms with Gasteiger partial charge in [0, 0.05) is 56.8 Å². The normalized spacial score (nSPS) is 16.4. The molecule has 0 bridgehead atoms. The maximum absolute atomic E-state index is 13.4. The Balaban J connectivity index is 0.000000869. The van der Waals surface area contributed by atoms with E-state index in [9.17, 15) is 43.5 Å². The maximum atomic E-state index is 13.4. The fraction of sp³-hybridized carbons (Fsp3) is 0.617. The number of likely N-dealkylation sites (tertiary alicyclic amines) is 1. The number of rotatable bonds is 24. The number of aliphatic hydroxyl groups excluding tert-OH is 1. The summed E-state index contributed by atoms with van der Waals surface area (Å²) in [5.41, 5.74) is 10.7. The first-order valence-corrected chi connectivity index (χ1v) is 23.7. The average Bonchev–Trinajstić information content (AvgIpc) is 3.30. The van der Waals surface area contributed by atoms with Crippen molar-refractivity contribution >= 4 is 53.4 Å². The molecule has 0 spiro atoms. The molecule has 70 heavy (non-hydrogen) atoms. The molecule has 2 fully saturated rings. The van der Waals surface area contributed by atoms with Gasteiger partial charge in [0.15, 0.2) is 5.60 Å². The fourth-order valence-corrected chi connectivity index (χ4v) is 8.12. The molecule has 6 amide bonds. The van der Waals surface area contributed by atoms with Gasteiger partial charge < -0.3 is 68.5 Å². The third-order valence-corrected chi connectivity index (χ3v) is 12.5. The zero-order chi connectivity index (χ0) is 52.0. The highest BCUT2D eigenvalue weighted by Crippen LogP contribution is 2.28. The van der Waals surface area contributed by atoms with Crippen molar-refractivity contribution in [1.29, 1.82) is 0 Å². The zero-order valence-electron chi connectivity index (χ0n) is 40.2. The van der Waals surface area contributed by atoms with Gasteiger partial charge in [-0.1, -0.05) is 82.7 Å². The summed E-state index contributed by atoms with van der Waals surface area (Å²) in [7, 11) is 0. The lowest BCUT2D eigenvalue weighted by molar-refractivity contribution is -0.170. The summed E-state index contributed by atoms with van der Waals surface area (Å²) in [4.78, 5) is 107. The van der Waals surface area contributed by atoms with Gasteiger partial charge in [-0.15, -0.1) is 0 Å². The number of anilines is 1. The van der Waals surface area contributed by atoms with Crippen molar-refractivity contribution in [3.63, 3.8) is 0 Å². The molecule has 4 rings (SSSR count). The molecule has 1 saturated carbocycles. The second kappa shape index (κ2) is 28.9. The number of carbonyl (C=O) groups excluding carboxylic acids is 5. The lowest BCUT2D eigenvalue weighted by Crippen LogP contribution is -2.54. The Bertz CT molecular complexity index is 2050. The molecular weight excluding hydrogens is 913 g/mol. The van der Waals surface area contributed by atoms with E-state index >= 15 is 0 Å². The van der Waals surface area contributed by atoms with Crippen LogP contribution >= 0.6 is 0 Å². The molecule has 23 heteroatoms. The van der Waals surface area contributed by atoms with E-state index in [0.717, 1.165) is 37.7 Å². The Kier molecular flexibility index (Phi) is 23.9. The summed E-state index contributed by atoms with van der Waals surface area (Å²) >= 11 is 0. The monoisotopic (exact) mass is 985 g/mol. The van der Waals surface area contributed by atoms with Gasteiger partial charge >= 0.3 is 23.9 Å². The first kappa shape index (κ1) is 57.9. The number of carboxylic acids is 3. The summed E-state index contributed by atoms with van der Waals surface area (Å²) in [6.07, 6.45) is 5.60. The van der Waals surface area contributed by atoms with Gasteiger partial charge in [-0.3, -0.25) is 28.8 Å². The van der Waals surface area contributed by atoms with Crippen LogP contribution in [0.3, 0.4) is 0 Å². The Hall–Kier alpha value is -6.46. The predicted molar refractivity (Wildman–Crippen MR) is 254 cm³/mol. The number of hydrogen-bond acceptors (Lipinski definition) is 14. The van der Waals surface area contributed by atoms with E-state index in [0.29, 0.717) is 50.2 Å². The van der Waals surface area contributed by atoms with Crippen molar-refractivity contribution in [3.8, 4) is 0 Å². The summed E-state index contributed by atoms with van der Waals surface area (Å²) in [6.45, 7) is 6.60. The number of urea groups is 1. The molecule has 2 aliphatic rings. The number of benzene rings is 1. The molecule has 0 unspecified atom stereocenters. The number of aliphatic carboxylic acids is 3. The van der Waals surface area contributed by atoms with Crippen LogP contribution in [-0.2, 0) is 46.5 Å². The highest BCUT2D eigenvalue weighted by atomic mass is 16.4. The second-order valence-corrected chi connectivity index (χ2v) is 18.2. The summed E-state index contributed by atoms with van der Waals surface area (Å²) in [5.74, 6) is -5.90. The van der Waals surface area contributed by atoms with E-state index < -0.39 is 78.3 Å². The summed E-state index contributed by atoms with van der Waals surface area (Å²) in [6, 6.07) is 6.65. The SMILES string of the molecule is CC[C@H](C)[C@H](NC(=O)C[C@H](O)[C@H](CC1CCCCC1)NC(=O)CCNC(=O)[C@H](Cc1ccccc1)NC(=O)N1CCC(N)CC1)C(=O)NCc1cnc(C)nc1N.O=C(O)CC(O)(CC(=O)O)C(=O)O. The molecule has 1 aromatic heterocycles. The number of aliphatic hydroxyl groups is 2. The zero-order valence-corrected chi connectivity index (χ0v) is 40.2. The number of nitrogens with zero attached hydrogens (tertiary/aromatic N) is 3. The Morgan fingerprint density at radius 2 is 1.49 bits per heavy atom. The minimum absolute atomic E-state index is 0.00316. The number of nitrogens with one attached hydrogen (secondary N) is 5. The van der Waals surface area contributed by atoms with E-state index in [1.165, 1.54) is 0 Å². The molecule has 14 N–H and O–H groups in total. The number of piperidine rings is 1. The van der Waals surface area contributed by atoms with Crippen LogP contribution in [0.25, 0.3) is 0 Å². The molecule has 2 aromatic rings. The number of nitrogens with two attached hydrogens (primary N) is 2. The molecule has 23 nitrogen and oxygen atoms in total. The molecule has 1 saturated heterocycles. The molecule has 1 aliphatic heterocycles. The largest absolute Gasteiger partial charge is 0.481 e. The van der Waals surface area contributed by atoms with Gasteiger partial charge in [-0.25, -0.2) is 19.6 Å². The first-order valence-electron chi connectivity index (χ1n) is 23.7. The maximum Gasteiger partial charge on any atom is 0.336 e. The highest BCUT2D eigenvalue weighted by Gasteiger charge is 2.41. The highest BCUT2D eigenvalue weighted by molar-refractivity contribution is 5.89. The van der Waals surface area contributed by atoms with E-state index in [4.69, 9.17) is 31.9 Å². The van der Waals surface area contributed by atoms with Gasteiger partial charge in [0.2, 0.25) is 23.6 Å². The van der Waals surface area contributed by atoms with Gasteiger partial charge in [0.1, 0.15) is 23.7 Å². The number of carbonyl (C=O) groups is 8. The van der Waals surface area contributed by atoms with Crippen LogP contribution in [0.2, 0.25) is 0 Å². The number of nitrogen functional groups attached to an aromatic ring is 1. The molecular formula is C47H72N10O13. The van der Waals surface area contributed by atoms with Crippen LogP contribution in [0.5, 0.6) is 0 Å². The third-order valence-electron chi connectivity index (χ3n) is 12.5. The van der Waals surface area contributed by atoms with Crippen molar-refractivity contribution in [2.75, 3.05) is 25.4 Å². The van der Waals surface area contributed by atoms with Crippen LogP contribution in [0.15, 0.2) is 36.5 Å². The van der Waals surface area contributed by atoms with Gasteiger partial charge in [-0.2, -0.15) is 0 Å². The number of aromatic nitrogens is 2. The third kappa shape index (κ3) is 20.2. The van der Waals surface area contributed by atoms with E-state index in [-0.39, 0.29) is 68.0 Å². The average molecular weight is 985 g/mol. The smallest absolute Gasteiger partial charge is 0.336 e. The lowest BCUT2D eigenvalue weighted by Gasteiger charge is -2.31. The topological polar surface area (TPSA) is 379 Å². The van der Waals surface area contributed by atoms with E-state index in [1.54, 1.807) is 18.0 Å². The number of aryl methyl sites for hydroxylation is 1. The summed E-state index contributed by atoms with van der Waals surface area (Å²) < 4.78 is 0. The van der Waals surface area contributed by atoms with Crippen molar-refractivity contribution in [1.82, 2.24) is 41.5 Å². The van der Waals surface area contributed by atoms with Crippen LogP contribution in [0.4, 0.5) is 10.6 Å². The van der Waals surface area contributed by atoms with Crippen LogP contribution in [0, 0.1) is 18.8 Å². The quantitative estimate of drug-likeness (QED) is 0.0689. The predicted octanol–water partition coefficient (Wildman–Crippen LogP) is 0.722. The number of amides is 6. The van der Waals surface area contributed by atoms with Crippen molar-refractivity contribution in [2.45, 2.75) is 153 Å². The minimum atomic E-state index is -2.74. The van der Waals surface area contributed by atoms with E-state index in [1.807, 2.05) is 44.2 Å². The molecule has 2 heterocycles. The van der Waals surface area contributed by atoms with Gasteiger partial charge in [-0.05, 0) is 43.6 Å². The summed E-state index contributed by atoms with van der Waals surface area (Å²) in [5, 5.41) is 59.5. The van der Waals surface area contributed by atoms with Crippen molar-refractivity contribution in [2.24, 2.45) is 17.6 Å². The van der Waals surface area contributed by atoms with Crippen molar-refractivity contribution in [3.05, 3.63) is 53.5 Å². The van der Waals surface area contributed by atoms with Gasteiger partial charge in [0.25, 0.3) is 0 Å². The number of carboxylic acid groups (broad SMARTS) is 3. The fourth-order valence-electron chi connectivity index (χ4n) is 8.12. The van der Waals surface area contributed by atoms with E-state index in [2.05, 4.69) is 36.6 Å². The second-order valence-electron chi connectivity index (χ2n) is 18.2.